The van der Waals surface area contributed by atoms with Gasteiger partial charge in [-0.2, -0.15) is 0 Å². The second-order valence-corrected chi connectivity index (χ2v) is 2.73. The van der Waals surface area contributed by atoms with E-state index in [4.69, 9.17) is 20.4 Å². The molecular weight excluding hydrogens is 164 g/mol. The first-order valence-corrected chi connectivity index (χ1v) is 3.71. The molecule has 12 heavy (non-hydrogen) atoms. The van der Waals surface area contributed by atoms with E-state index in [2.05, 4.69) is 0 Å². The minimum Gasteiger partial charge on any atom is -0.481 e. The van der Waals surface area contributed by atoms with Gasteiger partial charge in [-0.05, 0) is 13.3 Å². The Bertz CT molecular complexity index is 145. The second-order valence-electron chi connectivity index (χ2n) is 2.73. The molecule has 0 amide bonds. The molecule has 0 radical (unpaired) electrons. The molecule has 0 saturated carbocycles. The summed E-state index contributed by atoms with van der Waals surface area (Å²) in [6.07, 6.45) is -3.77. The highest BCUT2D eigenvalue weighted by Gasteiger charge is 2.21. The van der Waals surface area contributed by atoms with Crippen molar-refractivity contribution in [3.63, 3.8) is 0 Å². The van der Waals surface area contributed by atoms with Gasteiger partial charge in [0.1, 0.15) is 6.10 Å². The normalized spacial score (nSPS) is 18.3. The van der Waals surface area contributed by atoms with Crippen LogP contribution >= 0.6 is 0 Å². The smallest absolute Gasteiger partial charge is 0.303 e. The lowest BCUT2D eigenvalue weighted by atomic mass is 10.1. The van der Waals surface area contributed by atoms with E-state index in [1.165, 1.54) is 6.92 Å². The SMILES string of the molecule is CC(O)C(O)C(O)CCC(=O)O. The maximum absolute atomic E-state index is 10.0. The Hall–Kier alpha value is -0.650. The Balaban J connectivity index is 3.71. The van der Waals surface area contributed by atoms with Gasteiger partial charge in [-0.3, -0.25) is 4.79 Å². The standard InChI is InChI=1S/C7H14O5/c1-4(8)7(12)5(9)2-3-6(10)11/h4-5,7-9,12H,2-3H2,1H3,(H,10,11). The molecule has 5 nitrogen and oxygen atoms in total. The van der Waals surface area contributed by atoms with Gasteiger partial charge in [0.2, 0.25) is 0 Å². The van der Waals surface area contributed by atoms with Crippen molar-refractivity contribution in [3.05, 3.63) is 0 Å². The molecule has 0 rings (SSSR count). The van der Waals surface area contributed by atoms with Gasteiger partial charge >= 0.3 is 5.97 Å². The first-order valence-electron chi connectivity index (χ1n) is 3.71. The Kier molecular flexibility index (Phi) is 4.80. The molecule has 0 aliphatic heterocycles. The van der Waals surface area contributed by atoms with E-state index in [0.29, 0.717) is 0 Å². The molecule has 3 atom stereocenters. The Morgan fingerprint density at radius 3 is 2.17 bits per heavy atom. The average Bonchev–Trinajstić information content (AvgIpc) is 1.98. The Morgan fingerprint density at radius 1 is 1.33 bits per heavy atom. The molecule has 0 heterocycles. The lowest BCUT2D eigenvalue weighted by Gasteiger charge is -2.19. The van der Waals surface area contributed by atoms with E-state index in [-0.39, 0.29) is 12.8 Å². The Labute approximate surface area is 70.3 Å². The molecule has 3 unspecified atom stereocenters. The van der Waals surface area contributed by atoms with Crippen LogP contribution in [0, 0.1) is 0 Å². The number of aliphatic carboxylic acids is 1. The van der Waals surface area contributed by atoms with Crippen molar-refractivity contribution < 1.29 is 25.2 Å². The summed E-state index contributed by atoms with van der Waals surface area (Å²) in [5, 5.41) is 35.1. The number of rotatable bonds is 5. The van der Waals surface area contributed by atoms with Gasteiger partial charge in [-0.15, -0.1) is 0 Å². The number of carboxylic acids is 1. The fourth-order valence-electron chi connectivity index (χ4n) is 0.764. The average molecular weight is 178 g/mol. The van der Waals surface area contributed by atoms with Crippen LogP contribution in [-0.4, -0.2) is 44.7 Å². The fraction of sp³-hybridized carbons (Fsp3) is 0.857. The quantitative estimate of drug-likeness (QED) is 0.431. The maximum Gasteiger partial charge on any atom is 0.303 e. The van der Waals surface area contributed by atoms with Gasteiger partial charge in [0.05, 0.1) is 12.2 Å². The van der Waals surface area contributed by atoms with Crippen molar-refractivity contribution in [2.24, 2.45) is 0 Å². The third-order valence-electron chi connectivity index (χ3n) is 1.54. The molecule has 4 N–H and O–H groups in total. The van der Waals surface area contributed by atoms with E-state index < -0.39 is 24.3 Å². The van der Waals surface area contributed by atoms with Crippen molar-refractivity contribution in [2.45, 2.75) is 38.1 Å². The highest BCUT2D eigenvalue weighted by atomic mass is 16.4. The lowest BCUT2D eigenvalue weighted by Crippen LogP contribution is -2.35. The van der Waals surface area contributed by atoms with E-state index >= 15 is 0 Å². The van der Waals surface area contributed by atoms with Crippen LogP contribution in [-0.2, 0) is 4.79 Å². The molecule has 0 saturated heterocycles. The first-order chi connectivity index (χ1) is 5.45. The van der Waals surface area contributed by atoms with E-state index in [9.17, 15) is 4.79 Å². The molecule has 0 aromatic rings. The van der Waals surface area contributed by atoms with Crippen LogP contribution in [0.5, 0.6) is 0 Å². The van der Waals surface area contributed by atoms with Gasteiger partial charge in [0, 0.05) is 6.42 Å². The zero-order valence-corrected chi connectivity index (χ0v) is 6.84. The highest BCUT2D eigenvalue weighted by Crippen LogP contribution is 2.05. The number of aliphatic hydroxyl groups is 3. The molecule has 0 aromatic carbocycles. The van der Waals surface area contributed by atoms with Crippen LogP contribution in [0.1, 0.15) is 19.8 Å². The van der Waals surface area contributed by atoms with Crippen LogP contribution in [0.15, 0.2) is 0 Å². The van der Waals surface area contributed by atoms with Gasteiger partial charge in [0.15, 0.2) is 0 Å². The van der Waals surface area contributed by atoms with Crippen molar-refractivity contribution in [1.29, 1.82) is 0 Å². The van der Waals surface area contributed by atoms with Gasteiger partial charge in [-0.25, -0.2) is 0 Å². The largest absolute Gasteiger partial charge is 0.481 e. The number of aliphatic hydroxyl groups excluding tert-OH is 3. The van der Waals surface area contributed by atoms with Crippen LogP contribution in [0.4, 0.5) is 0 Å². The molecule has 0 bridgehead atoms. The summed E-state index contributed by atoms with van der Waals surface area (Å²) in [6, 6.07) is 0. The number of carboxylic acid groups (broad SMARTS) is 1. The monoisotopic (exact) mass is 178 g/mol. The first kappa shape index (κ1) is 11.4. The third kappa shape index (κ3) is 4.27. The predicted octanol–water partition coefficient (Wildman–Crippen LogP) is -1.05. The summed E-state index contributed by atoms with van der Waals surface area (Å²) in [5.74, 6) is -1.04. The lowest BCUT2D eigenvalue weighted by molar-refractivity contribution is -0.138. The van der Waals surface area contributed by atoms with Crippen LogP contribution in [0.2, 0.25) is 0 Å². The topological polar surface area (TPSA) is 98.0 Å². The van der Waals surface area contributed by atoms with Gasteiger partial charge in [-0.1, -0.05) is 0 Å². The summed E-state index contributed by atoms with van der Waals surface area (Å²) in [4.78, 5) is 10.0. The highest BCUT2D eigenvalue weighted by molar-refractivity contribution is 5.66. The molecule has 5 heteroatoms. The summed E-state index contributed by atoms with van der Waals surface area (Å²) in [5.41, 5.74) is 0. The van der Waals surface area contributed by atoms with Gasteiger partial charge < -0.3 is 20.4 Å². The van der Waals surface area contributed by atoms with Crippen LogP contribution < -0.4 is 0 Å². The zero-order valence-electron chi connectivity index (χ0n) is 6.84. The molecule has 0 aliphatic rings. The van der Waals surface area contributed by atoms with E-state index in [0.717, 1.165) is 0 Å². The van der Waals surface area contributed by atoms with Crippen LogP contribution in [0.3, 0.4) is 0 Å². The number of hydrogen-bond donors (Lipinski definition) is 4. The molecule has 0 fully saturated rings. The molecule has 0 aromatic heterocycles. The summed E-state index contributed by atoms with van der Waals surface area (Å²) in [6.45, 7) is 1.33. The number of hydrogen-bond acceptors (Lipinski definition) is 4. The molecule has 0 aliphatic carbocycles. The minimum absolute atomic E-state index is 0.0542. The van der Waals surface area contributed by atoms with Crippen molar-refractivity contribution in [3.8, 4) is 0 Å². The van der Waals surface area contributed by atoms with Gasteiger partial charge in [0.25, 0.3) is 0 Å². The molecular formula is C7H14O5. The zero-order chi connectivity index (χ0) is 9.72. The van der Waals surface area contributed by atoms with E-state index in [1.54, 1.807) is 0 Å². The predicted molar refractivity (Wildman–Crippen MR) is 40.6 cm³/mol. The van der Waals surface area contributed by atoms with Crippen molar-refractivity contribution >= 4 is 5.97 Å². The molecule has 0 spiro atoms. The van der Waals surface area contributed by atoms with Crippen molar-refractivity contribution in [1.82, 2.24) is 0 Å². The van der Waals surface area contributed by atoms with E-state index in [1.807, 2.05) is 0 Å². The second kappa shape index (κ2) is 5.08. The summed E-state index contributed by atoms with van der Waals surface area (Å²) < 4.78 is 0. The number of carbonyl (C=O) groups is 1. The fourth-order valence-corrected chi connectivity index (χ4v) is 0.764. The summed E-state index contributed by atoms with van der Waals surface area (Å²) in [7, 11) is 0. The minimum atomic E-state index is -1.27. The summed E-state index contributed by atoms with van der Waals surface area (Å²) >= 11 is 0. The maximum atomic E-state index is 10.0. The van der Waals surface area contributed by atoms with Crippen molar-refractivity contribution in [2.75, 3.05) is 0 Å². The van der Waals surface area contributed by atoms with Crippen LogP contribution in [0.25, 0.3) is 0 Å². The Morgan fingerprint density at radius 2 is 1.83 bits per heavy atom. The molecule has 72 valence electrons. The third-order valence-corrected chi connectivity index (χ3v) is 1.54.